The van der Waals surface area contributed by atoms with Crippen LogP contribution in [0.25, 0.3) is 28.0 Å². The van der Waals surface area contributed by atoms with Gasteiger partial charge in [0.1, 0.15) is 33.0 Å². The van der Waals surface area contributed by atoms with Crippen molar-refractivity contribution >= 4 is 46.7 Å². The minimum atomic E-state index is -0.586. The molecular weight excluding hydrogens is 673 g/mol. The standard InChI is InChI=1S/C39H47Cl2N5O4/c1-22-9-19-30(45(22)36(47)49-38(3,4)5)29-21-28(33(40)42-29)26-15-11-24(12-16-26)25-13-17-27(18-14-25)32-34(41)44-35(43-32)31-20-10-23(2)46(31)37(48)50-39(6,7)8/h11-18,22-23,30-31H,9-10,19-21H2,1-8H3,(H,43,44)/t22-,23-,30-,31-/m0/s1. The number of nitrogens with zero attached hydrogens (tertiary/aromatic N) is 4. The lowest BCUT2D eigenvalue weighted by Gasteiger charge is -2.31. The molecule has 266 valence electrons. The minimum Gasteiger partial charge on any atom is -0.444 e. The molecule has 1 N–H and O–H groups in total. The fourth-order valence-electron chi connectivity index (χ4n) is 7.11. The Kier molecular flexibility index (Phi) is 9.87. The van der Waals surface area contributed by atoms with Gasteiger partial charge in [-0.1, -0.05) is 71.7 Å². The van der Waals surface area contributed by atoms with Crippen molar-refractivity contribution in [2.75, 3.05) is 0 Å². The molecule has 3 aliphatic rings. The number of imidazole rings is 1. The van der Waals surface area contributed by atoms with Crippen LogP contribution < -0.4 is 0 Å². The summed E-state index contributed by atoms with van der Waals surface area (Å²) in [6.45, 7) is 15.3. The smallest absolute Gasteiger partial charge is 0.411 e. The average molecular weight is 721 g/mol. The third-order valence-corrected chi connectivity index (χ3v) is 10.1. The zero-order chi connectivity index (χ0) is 36.1. The highest BCUT2D eigenvalue weighted by atomic mass is 35.5. The molecule has 2 fully saturated rings. The van der Waals surface area contributed by atoms with Gasteiger partial charge in [-0.15, -0.1) is 0 Å². The number of amides is 2. The number of halogens is 2. The predicted molar refractivity (Wildman–Crippen MR) is 199 cm³/mol. The van der Waals surface area contributed by atoms with Crippen LogP contribution in [0, 0.1) is 0 Å². The second kappa shape index (κ2) is 13.7. The number of allylic oxidation sites excluding steroid dienone is 1. The van der Waals surface area contributed by atoms with E-state index in [4.69, 9.17) is 42.7 Å². The number of carbonyl (C=O) groups excluding carboxylic acids is 2. The summed E-state index contributed by atoms with van der Waals surface area (Å²) in [5.41, 5.74) is 5.33. The number of hydrogen-bond acceptors (Lipinski definition) is 6. The van der Waals surface area contributed by atoms with Crippen LogP contribution >= 0.6 is 23.2 Å². The molecule has 4 heterocycles. The normalized spacial score (nSPS) is 22.7. The van der Waals surface area contributed by atoms with Crippen LogP contribution in [0.1, 0.15) is 105 Å². The predicted octanol–water partition coefficient (Wildman–Crippen LogP) is 10.4. The molecule has 0 aliphatic carbocycles. The number of likely N-dealkylation sites (tertiary alicyclic amines) is 2. The molecule has 0 saturated carbocycles. The van der Waals surface area contributed by atoms with Crippen molar-refractivity contribution in [1.82, 2.24) is 19.8 Å². The van der Waals surface area contributed by atoms with Crippen molar-refractivity contribution < 1.29 is 19.1 Å². The van der Waals surface area contributed by atoms with E-state index in [0.29, 0.717) is 28.2 Å². The fourth-order valence-corrected chi connectivity index (χ4v) is 7.64. The Morgan fingerprint density at radius 1 is 0.720 bits per heavy atom. The van der Waals surface area contributed by atoms with Gasteiger partial charge in [0.2, 0.25) is 0 Å². The van der Waals surface area contributed by atoms with E-state index in [2.05, 4.69) is 48.3 Å². The topological polar surface area (TPSA) is 100 Å². The molecule has 0 radical (unpaired) electrons. The molecule has 6 rings (SSSR count). The van der Waals surface area contributed by atoms with E-state index >= 15 is 0 Å². The van der Waals surface area contributed by atoms with Crippen LogP contribution in [0.4, 0.5) is 9.59 Å². The van der Waals surface area contributed by atoms with E-state index in [1.54, 1.807) is 4.90 Å². The molecule has 4 atom stereocenters. The summed E-state index contributed by atoms with van der Waals surface area (Å²) in [5.74, 6) is 0.659. The number of rotatable bonds is 5. The van der Waals surface area contributed by atoms with Gasteiger partial charge in [-0.25, -0.2) is 19.6 Å². The lowest BCUT2D eigenvalue weighted by molar-refractivity contribution is 0.0149. The van der Waals surface area contributed by atoms with Gasteiger partial charge >= 0.3 is 12.2 Å². The van der Waals surface area contributed by atoms with Gasteiger partial charge in [0.05, 0.1) is 12.1 Å². The van der Waals surface area contributed by atoms with Crippen LogP contribution in [0.15, 0.2) is 58.7 Å². The van der Waals surface area contributed by atoms with Gasteiger partial charge in [-0.2, -0.15) is 0 Å². The Labute approximate surface area is 305 Å². The first-order valence-electron chi connectivity index (χ1n) is 17.4. The second-order valence-corrected chi connectivity index (χ2v) is 16.4. The largest absolute Gasteiger partial charge is 0.444 e. The monoisotopic (exact) mass is 719 g/mol. The van der Waals surface area contributed by atoms with Crippen molar-refractivity contribution in [3.63, 3.8) is 0 Å². The summed E-state index contributed by atoms with van der Waals surface area (Å²) in [7, 11) is 0. The van der Waals surface area contributed by atoms with Gasteiger partial charge in [-0.05, 0) is 97.8 Å². The van der Waals surface area contributed by atoms with Crippen molar-refractivity contribution in [2.24, 2.45) is 4.99 Å². The van der Waals surface area contributed by atoms with Crippen molar-refractivity contribution in [3.8, 4) is 22.4 Å². The van der Waals surface area contributed by atoms with Crippen molar-refractivity contribution in [2.45, 2.75) is 123 Å². The Morgan fingerprint density at radius 2 is 1.18 bits per heavy atom. The fraction of sp³-hybridized carbons (Fsp3) is 0.487. The van der Waals surface area contributed by atoms with Gasteiger partial charge in [0.25, 0.3) is 0 Å². The van der Waals surface area contributed by atoms with Crippen molar-refractivity contribution in [1.29, 1.82) is 0 Å². The molecule has 0 spiro atoms. The number of benzene rings is 2. The van der Waals surface area contributed by atoms with E-state index < -0.39 is 11.2 Å². The van der Waals surface area contributed by atoms with Gasteiger partial charge in [0.15, 0.2) is 0 Å². The molecule has 2 saturated heterocycles. The second-order valence-electron chi connectivity index (χ2n) is 15.6. The van der Waals surface area contributed by atoms with Crippen LogP contribution in [0.5, 0.6) is 0 Å². The van der Waals surface area contributed by atoms with Crippen LogP contribution in [0.3, 0.4) is 0 Å². The van der Waals surface area contributed by atoms with Gasteiger partial charge in [0, 0.05) is 35.4 Å². The van der Waals surface area contributed by atoms with Gasteiger partial charge < -0.3 is 14.5 Å². The Bertz CT molecular complexity index is 1820. The van der Waals surface area contributed by atoms with E-state index in [0.717, 1.165) is 59.2 Å². The maximum Gasteiger partial charge on any atom is 0.411 e. The SMILES string of the molecule is C[C@H]1CC[C@@H](C2=NC(Cl)=C(c3ccc(-c4ccc(-c5nc([C@@H]6CC[C@H](C)N6C(=O)OC(C)(C)C)[nH]c5Cl)cc4)cc3)C2)N1C(=O)OC(C)(C)C. The maximum atomic E-state index is 13.1. The lowest BCUT2D eigenvalue weighted by Crippen LogP contribution is -2.46. The van der Waals surface area contributed by atoms with Crippen LogP contribution in [-0.4, -0.2) is 67.0 Å². The zero-order valence-electron chi connectivity index (χ0n) is 30.1. The number of ether oxygens (including phenoxy) is 2. The zero-order valence-corrected chi connectivity index (χ0v) is 31.7. The lowest BCUT2D eigenvalue weighted by atomic mass is 9.96. The summed E-state index contributed by atoms with van der Waals surface area (Å²) >= 11 is 13.4. The highest BCUT2D eigenvalue weighted by Crippen LogP contribution is 2.40. The van der Waals surface area contributed by atoms with Gasteiger partial charge in [-0.3, -0.25) is 9.80 Å². The average Bonchev–Trinajstić information content (AvgIpc) is 3.80. The molecule has 0 unspecified atom stereocenters. The van der Waals surface area contributed by atoms with E-state index in [1.807, 2.05) is 65.5 Å². The maximum absolute atomic E-state index is 13.1. The van der Waals surface area contributed by atoms with Crippen molar-refractivity contribution in [3.05, 3.63) is 70.2 Å². The molecule has 2 amide bonds. The number of nitrogens with one attached hydrogen (secondary N) is 1. The Morgan fingerprint density at radius 3 is 1.70 bits per heavy atom. The molecule has 2 aromatic carbocycles. The van der Waals surface area contributed by atoms with Crippen LogP contribution in [-0.2, 0) is 9.47 Å². The molecule has 0 bridgehead atoms. The number of hydrogen-bond donors (Lipinski definition) is 1. The molecular formula is C39H47Cl2N5O4. The summed E-state index contributed by atoms with van der Waals surface area (Å²) < 4.78 is 11.4. The quantitative estimate of drug-likeness (QED) is 0.265. The summed E-state index contributed by atoms with van der Waals surface area (Å²) in [6.07, 6.45) is 3.30. The Balaban J connectivity index is 1.13. The number of aromatic amines is 1. The molecule has 11 heteroatoms. The first-order chi connectivity index (χ1) is 23.5. The summed E-state index contributed by atoms with van der Waals surface area (Å²) in [4.78, 5) is 42.6. The van der Waals surface area contributed by atoms with Crippen LogP contribution in [0.2, 0.25) is 5.15 Å². The van der Waals surface area contributed by atoms with E-state index in [9.17, 15) is 9.59 Å². The molecule has 1 aromatic heterocycles. The summed E-state index contributed by atoms with van der Waals surface area (Å²) in [6, 6.07) is 16.2. The molecule has 50 heavy (non-hydrogen) atoms. The number of carbonyl (C=O) groups is 2. The molecule has 9 nitrogen and oxygen atoms in total. The first kappa shape index (κ1) is 36.0. The number of aromatic nitrogens is 2. The minimum absolute atomic E-state index is 0.0362. The third-order valence-electron chi connectivity index (χ3n) is 9.50. The molecule has 3 aliphatic heterocycles. The highest BCUT2D eigenvalue weighted by molar-refractivity contribution is 6.35. The first-order valence-corrected chi connectivity index (χ1v) is 18.2. The number of H-pyrrole nitrogens is 1. The van der Waals surface area contributed by atoms with E-state index in [-0.39, 0.29) is 36.4 Å². The summed E-state index contributed by atoms with van der Waals surface area (Å²) in [5, 5.41) is 0.905. The number of aliphatic imine (C=N–C) groups is 1. The third kappa shape index (κ3) is 7.59. The highest BCUT2D eigenvalue weighted by Gasteiger charge is 2.42. The molecule has 3 aromatic rings. The Hall–Kier alpha value is -3.82. The van der Waals surface area contributed by atoms with E-state index in [1.165, 1.54) is 0 Å².